The van der Waals surface area contributed by atoms with Crippen LogP contribution in [0, 0.1) is 23.5 Å². The van der Waals surface area contributed by atoms with E-state index in [2.05, 4.69) is 6.92 Å². The molecule has 0 aliphatic heterocycles. The Hall–Kier alpha value is -1.66. The van der Waals surface area contributed by atoms with Crippen LogP contribution < -0.4 is 4.74 Å². The Morgan fingerprint density at radius 1 is 1.04 bits per heavy atom. The Labute approximate surface area is 156 Å². The standard InChI is InChI=1S/C20H25F5O2/c1-2-3-4-13-5-7-14(8-6-13)9-10-18(26)27-15-11-16(21)19(17(22)12-15)20(23,24)25/h11-14H,2-10H2,1H3/t13-,14-. The van der Waals surface area contributed by atoms with Gasteiger partial charge in [-0.05, 0) is 18.3 Å². The van der Waals surface area contributed by atoms with Gasteiger partial charge in [-0.25, -0.2) is 8.78 Å². The first-order valence-electron chi connectivity index (χ1n) is 9.47. The largest absolute Gasteiger partial charge is 0.426 e. The molecule has 0 aromatic heterocycles. The Kier molecular flexibility index (Phi) is 7.62. The molecule has 7 heteroatoms. The molecule has 27 heavy (non-hydrogen) atoms. The average molecular weight is 392 g/mol. The van der Waals surface area contributed by atoms with Crippen LogP contribution in [0.4, 0.5) is 22.0 Å². The van der Waals surface area contributed by atoms with Gasteiger partial charge >= 0.3 is 12.1 Å². The minimum absolute atomic E-state index is 0.0779. The third kappa shape index (κ3) is 6.47. The van der Waals surface area contributed by atoms with Gasteiger partial charge in [0.25, 0.3) is 0 Å². The van der Waals surface area contributed by atoms with E-state index in [0.717, 1.165) is 31.6 Å². The number of carbonyl (C=O) groups excluding carboxylic acids is 1. The van der Waals surface area contributed by atoms with Crippen LogP contribution in [0.3, 0.4) is 0 Å². The van der Waals surface area contributed by atoms with Crippen molar-refractivity contribution in [2.75, 3.05) is 0 Å². The molecule has 1 aromatic carbocycles. The van der Waals surface area contributed by atoms with Gasteiger partial charge < -0.3 is 4.74 Å². The van der Waals surface area contributed by atoms with Crippen molar-refractivity contribution in [3.05, 3.63) is 29.3 Å². The van der Waals surface area contributed by atoms with Gasteiger partial charge in [0.2, 0.25) is 0 Å². The summed E-state index contributed by atoms with van der Waals surface area (Å²) in [5.41, 5.74) is -1.98. The highest BCUT2D eigenvalue weighted by Gasteiger charge is 2.38. The van der Waals surface area contributed by atoms with Crippen LogP contribution in [0.25, 0.3) is 0 Å². The molecule has 0 bridgehead atoms. The molecular formula is C20H25F5O2. The van der Waals surface area contributed by atoms with Gasteiger partial charge in [0.1, 0.15) is 22.9 Å². The molecule has 1 aliphatic rings. The predicted octanol–water partition coefficient (Wildman–Crippen LogP) is 6.67. The van der Waals surface area contributed by atoms with E-state index in [1.54, 1.807) is 0 Å². The molecule has 0 atom stereocenters. The molecule has 1 aliphatic carbocycles. The van der Waals surface area contributed by atoms with Crippen molar-refractivity contribution in [1.29, 1.82) is 0 Å². The van der Waals surface area contributed by atoms with Gasteiger partial charge in [-0.15, -0.1) is 0 Å². The van der Waals surface area contributed by atoms with Crippen molar-refractivity contribution < 1.29 is 31.5 Å². The smallest absolute Gasteiger partial charge is 0.422 e. The van der Waals surface area contributed by atoms with Crippen molar-refractivity contribution in [1.82, 2.24) is 0 Å². The second kappa shape index (κ2) is 9.51. The van der Waals surface area contributed by atoms with Gasteiger partial charge in [-0.3, -0.25) is 4.79 Å². The number of benzene rings is 1. The maximum atomic E-state index is 13.5. The summed E-state index contributed by atoms with van der Waals surface area (Å²) in [4.78, 5) is 11.9. The van der Waals surface area contributed by atoms with E-state index in [4.69, 9.17) is 4.74 Å². The lowest BCUT2D eigenvalue weighted by Crippen LogP contribution is -2.17. The summed E-state index contributed by atoms with van der Waals surface area (Å²) in [6.07, 6.45) is 3.61. The number of rotatable bonds is 7. The second-order valence-corrected chi connectivity index (χ2v) is 7.30. The summed E-state index contributed by atoms with van der Waals surface area (Å²) in [6, 6.07) is 0.783. The molecule has 0 heterocycles. The van der Waals surface area contributed by atoms with Crippen LogP contribution in [-0.4, -0.2) is 5.97 Å². The minimum atomic E-state index is -5.15. The summed E-state index contributed by atoms with van der Waals surface area (Å²) in [5, 5.41) is 0. The quantitative estimate of drug-likeness (QED) is 0.294. The van der Waals surface area contributed by atoms with E-state index in [1.165, 1.54) is 19.3 Å². The van der Waals surface area contributed by atoms with Crippen LogP contribution in [0.2, 0.25) is 0 Å². The third-order valence-corrected chi connectivity index (χ3v) is 5.22. The van der Waals surface area contributed by atoms with Crippen LogP contribution in [-0.2, 0) is 11.0 Å². The fourth-order valence-corrected chi connectivity index (χ4v) is 3.69. The minimum Gasteiger partial charge on any atom is -0.426 e. The predicted molar refractivity (Wildman–Crippen MR) is 91.2 cm³/mol. The molecule has 1 aromatic rings. The molecular weight excluding hydrogens is 367 g/mol. The molecule has 0 amide bonds. The van der Waals surface area contributed by atoms with Crippen LogP contribution in [0.1, 0.15) is 70.3 Å². The molecule has 2 rings (SSSR count). The first-order chi connectivity index (χ1) is 12.7. The lowest BCUT2D eigenvalue weighted by Gasteiger charge is -2.28. The monoisotopic (exact) mass is 392 g/mol. The molecule has 0 N–H and O–H groups in total. The van der Waals surface area contributed by atoms with E-state index >= 15 is 0 Å². The number of hydrogen-bond acceptors (Lipinski definition) is 2. The molecule has 0 radical (unpaired) electrons. The van der Waals surface area contributed by atoms with Crippen molar-refractivity contribution in [3.63, 3.8) is 0 Å². The van der Waals surface area contributed by atoms with Gasteiger partial charge in [-0.1, -0.05) is 51.9 Å². The van der Waals surface area contributed by atoms with Crippen LogP contribution in [0.15, 0.2) is 12.1 Å². The number of halogens is 5. The number of hydrogen-bond donors (Lipinski definition) is 0. The maximum absolute atomic E-state index is 13.5. The number of unbranched alkanes of at least 4 members (excludes halogenated alkanes) is 1. The highest BCUT2D eigenvalue weighted by Crippen LogP contribution is 2.36. The summed E-state index contributed by atoms with van der Waals surface area (Å²) in [7, 11) is 0. The zero-order chi connectivity index (χ0) is 20.0. The Balaban J connectivity index is 1.81. The Morgan fingerprint density at radius 2 is 1.56 bits per heavy atom. The fourth-order valence-electron chi connectivity index (χ4n) is 3.69. The van der Waals surface area contributed by atoms with Crippen molar-refractivity contribution in [2.24, 2.45) is 11.8 Å². The molecule has 0 saturated heterocycles. The highest BCUT2D eigenvalue weighted by molar-refractivity contribution is 5.72. The Morgan fingerprint density at radius 3 is 2.04 bits per heavy atom. The fraction of sp³-hybridized carbons (Fsp3) is 0.650. The molecule has 0 spiro atoms. The number of ether oxygens (including phenoxy) is 1. The zero-order valence-electron chi connectivity index (χ0n) is 15.4. The topological polar surface area (TPSA) is 26.3 Å². The van der Waals surface area contributed by atoms with Gasteiger partial charge in [-0.2, -0.15) is 13.2 Å². The third-order valence-electron chi connectivity index (χ3n) is 5.22. The van der Waals surface area contributed by atoms with Crippen molar-refractivity contribution in [3.8, 4) is 5.75 Å². The molecule has 1 fully saturated rings. The number of carbonyl (C=O) groups is 1. The summed E-state index contributed by atoms with van der Waals surface area (Å²) < 4.78 is 69.5. The van der Waals surface area contributed by atoms with Crippen LogP contribution >= 0.6 is 0 Å². The van der Waals surface area contributed by atoms with Crippen molar-refractivity contribution >= 4 is 5.97 Å². The van der Waals surface area contributed by atoms with E-state index in [1.807, 2.05) is 0 Å². The van der Waals surface area contributed by atoms with Crippen LogP contribution in [0.5, 0.6) is 5.75 Å². The average Bonchev–Trinajstić information content (AvgIpc) is 2.57. The molecule has 2 nitrogen and oxygen atoms in total. The second-order valence-electron chi connectivity index (χ2n) is 7.30. The number of esters is 1. The lowest BCUT2D eigenvalue weighted by atomic mass is 9.78. The van der Waals surface area contributed by atoms with Gasteiger partial charge in [0.05, 0.1) is 0 Å². The van der Waals surface area contributed by atoms with E-state index < -0.39 is 35.1 Å². The van der Waals surface area contributed by atoms with E-state index in [-0.39, 0.29) is 6.42 Å². The molecule has 1 saturated carbocycles. The van der Waals surface area contributed by atoms with Crippen molar-refractivity contribution in [2.45, 2.75) is 70.9 Å². The lowest BCUT2D eigenvalue weighted by molar-refractivity contribution is -0.142. The molecule has 0 unspecified atom stereocenters. The molecule has 152 valence electrons. The van der Waals surface area contributed by atoms with Gasteiger partial charge in [0.15, 0.2) is 0 Å². The Bertz CT molecular complexity index is 611. The first kappa shape index (κ1) is 21.6. The first-order valence-corrected chi connectivity index (χ1v) is 9.47. The SMILES string of the molecule is CCCC[C@H]1CC[C@H](CCC(=O)Oc2cc(F)c(C(F)(F)F)c(F)c2)CC1. The van der Waals surface area contributed by atoms with E-state index in [9.17, 15) is 26.7 Å². The summed E-state index contributed by atoms with van der Waals surface area (Å²) >= 11 is 0. The van der Waals surface area contributed by atoms with Gasteiger partial charge in [0, 0.05) is 18.6 Å². The maximum Gasteiger partial charge on any atom is 0.422 e. The highest BCUT2D eigenvalue weighted by atomic mass is 19.4. The normalized spacial score (nSPS) is 20.5. The summed E-state index contributed by atoms with van der Waals surface area (Å²) in [6.45, 7) is 2.17. The van der Waals surface area contributed by atoms with E-state index in [0.29, 0.717) is 24.5 Å². The summed E-state index contributed by atoms with van der Waals surface area (Å²) in [5.74, 6) is -3.66. The zero-order valence-corrected chi connectivity index (χ0v) is 15.4. The number of alkyl halides is 3.